The molecule has 4 heteroatoms. The van der Waals surface area contributed by atoms with Crippen LogP contribution >= 0.6 is 0 Å². The van der Waals surface area contributed by atoms with E-state index in [2.05, 4.69) is 23.9 Å². The maximum atomic E-state index is 5.63. The largest absolute Gasteiger partial charge is 0.384 e. The van der Waals surface area contributed by atoms with E-state index in [-0.39, 0.29) is 0 Å². The van der Waals surface area contributed by atoms with E-state index >= 15 is 0 Å². The second-order valence-corrected chi connectivity index (χ2v) is 3.87. The zero-order chi connectivity index (χ0) is 10.1. The molecule has 2 N–H and O–H groups in total. The summed E-state index contributed by atoms with van der Waals surface area (Å²) < 4.78 is 1.90. The topological polar surface area (TPSA) is 56.7 Å². The monoisotopic (exact) mass is 190 g/mol. The summed E-state index contributed by atoms with van der Waals surface area (Å²) in [5.41, 5.74) is 6.50. The van der Waals surface area contributed by atoms with Gasteiger partial charge in [-0.2, -0.15) is 5.10 Å². The fraction of sp³-hybridized carbons (Fsp3) is 0.400. The Hall–Kier alpha value is -1.58. The first kappa shape index (κ1) is 8.99. The molecular formula is C10H14N4. The first-order valence-electron chi connectivity index (χ1n) is 4.75. The lowest BCUT2D eigenvalue weighted by molar-refractivity contribution is 0.492. The molecule has 0 amide bonds. The van der Waals surface area contributed by atoms with Crippen LogP contribution in [-0.4, -0.2) is 14.8 Å². The van der Waals surface area contributed by atoms with Gasteiger partial charge in [0.15, 0.2) is 5.65 Å². The van der Waals surface area contributed by atoms with Crippen LogP contribution in [0, 0.1) is 5.92 Å². The Morgan fingerprint density at radius 3 is 2.93 bits per heavy atom. The first-order valence-corrected chi connectivity index (χ1v) is 4.75. The van der Waals surface area contributed by atoms with Crippen molar-refractivity contribution in [1.29, 1.82) is 0 Å². The molecule has 74 valence electrons. The van der Waals surface area contributed by atoms with Gasteiger partial charge in [0.2, 0.25) is 0 Å². The van der Waals surface area contributed by atoms with Gasteiger partial charge < -0.3 is 5.73 Å². The summed E-state index contributed by atoms with van der Waals surface area (Å²) in [7, 11) is 0. The lowest BCUT2D eigenvalue weighted by atomic mass is 10.2. The van der Waals surface area contributed by atoms with Crippen LogP contribution < -0.4 is 5.73 Å². The average Bonchev–Trinajstić information content (AvgIpc) is 2.47. The highest BCUT2D eigenvalue weighted by atomic mass is 15.3. The molecule has 0 bridgehead atoms. The van der Waals surface area contributed by atoms with Crippen LogP contribution in [0.3, 0.4) is 0 Å². The first-order chi connectivity index (χ1) is 6.66. The molecule has 2 rings (SSSR count). The molecule has 2 aromatic heterocycles. The number of nitrogen functional groups attached to an aromatic ring is 1. The van der Waals surface area contributed by atoms with Crippen molar-refractivity contribution < 1.29 is 0 Å². The number of nitrogens with two attached hydrogens (primary N) is 1. The third kappa shape index (κ3) is 1.55. The van der Waals surface area contributed by atoms with E-state index in [0.717, 1.165) is 17.6 Å². The van der Waals surface area contributed by atoms with Gasteiger partial charge in [-0.1, -0.05) is 13.8 Å². The number of fused-ring (bicyclic) bond motifs is 1. The lowest BCUT2D eigenvalue weighted by Crippen LogP contribution is -2.06. The highest BCUT2D eigenvalue weighted by Crippen LogP contribution is 2.14. The van der Waals surface area contributed by atoms with Gasteiger partial charge in [-0.3, -0.25) is 0 Å². The van der Waals surface area contributed by atoms with Crippen molar-refractivity contribution in [3.05, 3.63) is 18.3 Å². The fourth-order valence-corrected chi connectivity index (χ4v) is 1.45. The predicted octanol–water partition coefficient (Wildman–Crippen LogP) is 1.67. The standard InChI is InChI=1S/C10H14N4/c1-7(2)6-14-10-8(5-12-14)3-4-9(11)13-10/h3-5,7H,6H2,1-2H3,(H2,11,13). The van der Waals surface area contributed by atoms with Crippen molar-refractivity contribution >= 4 is 16.9 Å². The smallest absolute Gasteiger partial charge is 0.160 e. The highest BCUT2D eigenvalue weighted by Gasteiger charge is 2.05. The summed E-state index contributed by atoms with van der Waals surface area (Å²) in [4.78, 5) is 4.27. The van der Waals surface area contributed by atoms with Crippen LogP contribution in [-0.2, 0) is 6.54 Å². The Morgan fingerprint density at radius 1 is 1.43 bits per heavy atom. The number of hydrogen-bond acceptors (Lipinski definition) is 3. The predicted molar refractivity (Wildman–Crippen MR) is 56.8 cm³/mol. The Morgan fingerprint density at radius 2 is 2.21 bits per heavy atom. The molecule has 0 saturated carbocycles. The molecule has 0 atom stereocenters. The van der Waals surface area contributed by atoms with Crippen molar-refractivity contribution in [3.8, 4) is 0 Å². The average molecular weight is 190 g/mol. The summed E-state index contributed by atoms with van der Waals surface area (Å²) in [5, 5.41) is 5.32. The maximum absolute atomic E-state index is 5.63. The van der Waals surface area contributed by atoms with Gasteiger partial charge in [0.05, 0.1) is 6.20 Å². The molecule has 2 heterocycles. The molecule has 0 fully saturated rings. The minimum absolute atomic E-state index is 0.544. The van der Waals surface area contributed by atoms with Crippen molar-refractivity contribution in [2.24, 2.45) is 5.92 Å². The lowest BCUT2D eigenvalue weighted by Gasteiger charge is -2.05. The zero-order valence-electron chi connectivity index (χ0n) is 8.44. The molecule has 0 spiro atoms. The zero-order valence-corrected chi connectivity index (χ0v) is 8.44. The van der Waals surface area contributed by atoms with Gasteiger partial charge in [-0.05, 0) is 18.1 Å². The van der Waals surface area contributed by atoms with Gasteiger partial charge in [0.25, 0.3) is 0 Å². The normalized spacial score (nSPS) is 11.4. The summed E-state index contributed by atoms with van der Waals surface area (Å²) in [6.45, 7) is 5.18. The van der Waals surface area contributed by atoms with Crippen molar-refractivity contribution in [2.75, 3.05) is 5.73 Å². The van der Waals surface area contributed by atoms with Crippen LogP contribution in [0.25, 0.3) is 11.0 Å². The maximum Gasteiger partial charge on any atom is 0.160 e. The Balaban J connectivity index is 2.50. The Bertz CT molecular complexity index is 444. The quantitative estimate of drug-likeness (QED) is 0.783. The fourth-order valence-electron chi connectivity index (χ4n) is 1.45. The second-order valence-electron chi connectivity index (χ2n) is 3.87. The number of aromatic nitrogens is 3. The second kappa shape index (κ2) is 3.29. The van der Waals surface area contributed by atoms with E-state index in [1.54, 1.807) is 6.07 Å². The Kier molecular flexibility index (Phi) is 2.11. The van der Waals surface area contributed by atoms with Crippen molar-refractivity contribution in [1.82, 2.24) is 14.8 Å². The Labute approximate surface area is 82.7 Å². The molecule has 4 nitrogen and oxygen atoms in total. The third-order valence-corrected chi connectivity index (χ3v) is 2.05. The SMILES string of the molecule is CC(C)Cn1ncc2ccc(N)nc21. The summed E-state index contributed by atoms with van der Waals surface area (Å²) in [6, 6.07) is 3.74. The number of nitrogens with zero attached hydrogens (tertiary/aromatic N) is 3. The van der Waals surface area contributed by atoms with E-state index in [1.807, 2.05) is 16.9 Å². The van der Waals surface area contributed by atoms with E-state index in [4.69, 9.17) is 5.73 Å². The van der Waals surface area contributed by atoms with E-state index < -0.39 is 0 Å². The molecule has 0 aliphatic carbocycles. The van der Waals surface area contributed by atoms with Gasteiger partial charge in [0.1, 0.15) is 5.82 Å². The molecule has 0 radical (unpaired) electrons. The summed E-state index contributed by atoms with van der Waals surface area (Å²) in [6.07, 6.45) is 1.82. The number of hydrogen-bond donors (Lipinski definition) is 1. The van der Waals surface area contributed by atoms with Crippen molar-refractivity contribution in [3.63, 3.8) is 0 Å². The minimum Gasteiger partial charge on any atom is -0.384 e. The molecular weight excluding hydrogens is 176 g/mol. The van der Waals surface area contributed by atoms with Crippen LogP contribution in [0.5, 0.6) is 0 Å². The molecule has 0 unspecified atom stereocenters. The summed E-state index contributed by atoms with van der Waals surface area (Å²) in [5.74, 6) is 1.10. The molecule has 14 heavy (non-hydrogen) atoms. The highest BCUT2D eigenvalue weighted by molar-refractivity contribution is 5.76. The molecule has 0 aliphatic heterocycles. The van der Waals surface area contributed by atoms with Gasteiger partial charge >= 0.3 is 0 Å². The van der Waals surface area contributed by atoms with E-state index in [1.165, 1.54) is 0 Å². The minimum atomic E-state index is 0.544. The molecule has 0 aliphatic rings. The van der Waals surface area contributed by atoms with E-state index in [9.17, 15) is 0 Å². The third-order valence-electron chi connectivity index (χ3n) is 2.05. The summed E-state index contributed by atoms with van der Waals surface area (Å²) >= 11 is 0. The number of anilines is 1. The van der Waals surface area contributed by atoms with Crippen molar-refractivity contribution in [2.45, 2.75) is 20.4 Å². The van der Waals surface area contributed by atoms with Crippen LogP contribution in [0.1, 0.15) is 13.8 Å². The number of pyridine rings is 1. The van der Waals surface area contributed by atoms with Gasteiger partial charge in [0, 0.05) is 11.9 Å². The molecule has 0 saturated heterocycles. The van der Waals surface area contributed by atoms with Crippen LogP contribution in [0.2, 0.25) is 0 Å². The van der Waals surface area contributed by atoms with Crippen LogP contribution in [0.4, 0.5) is 5.82 Å². The van der Waals surface area contributed by atoms with Crippen LogP contribution in [0.15, 0.2) is 18.3 Å². The number of rotatable bonds is 2. The molecule has 2 aromatic rings. The van der Waals surface area contributed by atoms with E-state index in [0.29, 0.717) is 11.7 Å². The van der Waals surface area contributed by atoms with Gasteiger partial charge in [-0.15, -0.1) is 0 Å². The molecule has 0 aromatic carbocycles. The van der Waals surface area contributed by atoms with Gasteiger partial charge in [-0.25, -0.2) is 9.67 Å².